The Kier molecular flexibility index (Phi) is 5.58. The van der Waals surface area contributed by atoms with Crippen LogP contribution in [-0.4, -0.2) is 37.3 Å². The molecule has 0 aliphatic carbocycles. The van der Waals surface area contributed by atoms with E-state index in [2.05, 4.69) is 9.98 Å². The van der Waals surface area contributed by atoms with Crippen molar-refractivity contribution in [2.24, 2.45) is 16.5 Å². The average molecular weight is 259 g/mol. The summed E-state index contributed by atoms with van der Waals surface area (Å²) in [6, 6.07) is 0. The van der Waals surface area contributed by atoms with Gasteiger partial charge in [-0.15, -0.1) is 11.3 Å². The molecule has 0 unspecified atom stereocenters. The van der Waals surface area contributed by atoms with Crippen molar-refractivity contribution in [1.29, 1.82) is 0 Å². The number of rotatable bonds is 5. The zero-order chi connectivity index (χ0) is 12.0. The van der Waals surface area contributed by atoms with Gasteiger partial charge < -0.3 is 11.5 Å². The van der Waals surface area contributed by atoms with Crippen LogP contribution in [0, 0.1) is 0 Å². The van der Waals surface area contributed by atoms with Crippen molar-refractivity contribution in [3.8, 4) is 0 Å². The third-order valence-electron chi connectivity index (χ3n) is 1.91. The maximum absolute atomic E-state index is 5.70. The van der Waals surface area contributed by atoms with Gasteiger partial charge in [0.2, 0.25) is 0 Å². The SMILES string of the molecule is CN=C(N)N(C)c1nc(CSCCN)cs1. The summed E-state index contributed by atoms with van der Waals surface area (Å²) in [6.45, 7) is 0.705. The molecule has 7 heteroatoms. The van der Waals surface area contributed by atoms with Gasteiger partial charge in [-0.2, -0.15) is 11.8 Å². The molecular weight excluding hydrogens is 242 g/mol. The van der Waals surface area contributed by atoms with Crippen LogP contribution in [0.4, 0.5) is 5.13 Å². The first-order valence-corrected chi connectivity index (χ1v) is 6.90. The summed E-state index contributed by atoms with van der Waals surface area (Å²) in [5.41, 5.74) is 12.2. The quantitative estimate of drug-likeness (QED) is 0.462. The number of hydrogen-bond donors (Lipinski definition) is 2. The summed E-state index contributed by atoms with van der Waals surface area (Å²) in [4.78, 5) is 10.2. The maximum Gasteiger partial charge on any atom is 0.197 e. The fourth-order valence-corrected chi connectivity index (χ4v) is 2.60. The van der Waals surface area contributed by atoms with E-state index in [-0.39, 0.29) is 0 Å². The Bertz CT molecular complexity index is 349. The molecule has 0 spiro atoms. The van der Waals surface area contributed by atoms with Crippen LogP contribution in [0.5, 0.6) is 0 Å². The van der Waals surface area contributed by atoms with E-state index in [1.54, 1.807) is 35.0 Å². The molecule has 0 bridgehead atoms. The second kappa shape index (κ2) is 6.72. The summed E-state index contributed by atoms with van der Waals surface area (Å²) >= 11 is 3.35. The number of thioether (sulfide) groups is 1. The van der Waals surface area contributed by atoms with E-state index in [1.165, 1.54) is 0 Å². The second-order valence-corrected chi connectivity index (χ2v) is 5.05. The van der Waals surface area contributed by atoms with Gasteiger partial charge in [-0.25, -0.2) is 4.98 Å². The Morgan fingerprint density at radius 2 is 2.44 bits per heavy atom. The molecule has 0 radical (unpaired) electrons. The third kappa shape index (κ3) is 3.66. The lowest BCUT2D eigenvalue weighted by Gasteiger charge is -2.13. The van der Waals surface area contributed by atoms with Crippen LogP contribution in [0.25, 0.3) is 0 Å². The number of guanidine groups is 1. The molecule has 0 saturated carbocycles. The predicted octanol–water partition coefficient (Wildman–Crippen LogP) is 0.716. The van der Waals surface area contributed by atoms with E-state index in [4.69, 9.17) is 11.5 Å². The van der Waals surface area contributed by atoms with Crippen molar-refractivity contribution in [3.05, 3.63) is 11.1 Å². The average Bonchev–Trinajstić information content (AvgIpc) is 2.76. The van der Waals surface area contributed by atoms with E-state index >= 15 is 0 Å². The third-order valence-corrected chi connectivity index (χ3v) is 3.90. The van der Waals surface area contributed by atoms with Gasteiger partial charge in [0.1, 0.15) is 0 Å². The maximum atomic E-state index is 5.70. The zero-order valence-corrected chi connectivity index (χ0v) is 11.1. The number of anilines is 1. The second-order valence-electron chi connectivity index (χ2n) is 3.10. The van der Waals surface area contributed by atoms with Crippen LogP contribution in [0.1, 0.15) is 5.69 Å². The molecule has 0 amide bonds. The van der Waals surface area contributed by atoms with Crippen LogP contribution in [0.2, 0.25) is 0 Å². The molecule has 0 atom stereocenters. The normalized spacial score (nSPS) is 11.8. The van der Waals surface area contributed by atoms with Crippen LogP contribution < -0.4 is 16.4 Å². The lowest BCUT2D eigenvalue weighted by molar-refractivity contribution is 1.12. The van der Waals surface area contributed by atoms with E-state index in [0.29, 0.717) is 12.5 Å². The zero-order valence-electron chi connectivity index (χ0n) is 9.51. The van der Waals surface area contributed by atoms with Crippen LogP contribution in [0.3, 0.4) is 0 Å². The van der Waals surface area contributed by atoms with Crippen molar-refractivity contribution in [2.75, 3.05) is 31.3 Å². The van der Waals surface area contributed by atoms with Gasteiger partial charge in [-0.1, -0.05) is 0 Å². The molecule has 0 saturated heterocycles. The van der Waals surface area contributed by atoms with E-state index in [0.717, 1.165) is 22.3 Å². The van der Waals surface area contributed by atoms with Crippen LogP contribution >= 0.6 is 23.1 Å². The van der Waals surface area contributed by atoms with Crippen molar-refractivity contribution in [2.45, 2.75) is 5.75 Å². The van der Waals surface area contributed by atoms with Crippen molar-refractivity contribution >= 4 is 34.2 Å². The standard InChI is InChI=1S/C9H17N5S2/c1-12-8(11)14(2)9-13-7(6-16-9)5-15-4-3-10/h6H,3-5,10H2,1-2H3,(H2,11,12). The van der Waals surface area contributed by atoms with Gasteiger partial charge in [0.05, 0.1) is 5.69 Å². The van der Waals surface area contributed by atoms with Crippen molar-refractivity contribution < 1.29 is 0 Å². The Morgan fingerprint density at radius 1 is 1.69 bits per heavy atom. The number of aliphatic imine (C=N–C) groups is 1. The fraction of sp³-hybridized carbons (Fsp3) is 0.556. The summed E-state index contributed by atoms with van der Waals surface area (Å²) in [5, 5.41) is 2.91. The summed E-state index contributed by atoms with van der Waals surface area (Å²) < 4.78 is 0. The van der Waals surface area contributed by atoms with Crippen LogP contribution in [0.15, 0.2) is 10.4 Å². The highest BCUT2D eigenvalue weighted by Crippen LogP contribution is 2.21. The van der Waals surface area contributed by atoms with Gasteiger partial charge in [-0.3, -0.25) is 9.89 Å². The number of nitrogens with zero attached hydrogens (tertiary/aromatic N) is 3. The van der Waals surface area contributed by atoms with Gasteiger partial charge >= 0.3 is 0 Å². The lowest BCUT2D eigenvalue weighted by atomic mass is 10.6. The molecule has 0 fully saturated rings. The van der Waals surface area contributed by atoms with Gasteiger partial charge in [-0.05, 0) is 0 Å². The first kappa shape index (κ1) is 13.3. The molecule has 0 aliphatic heterocycles. The first-order valence-electron chi connectivity index (χ1n) is 4.87. The Labute approximate surface area is 104 Å². The lowest BCUT2D eigenvalue weighted by Crippen LogP contribution is -2.33. The monoisotopic (exact) mass is 259 g/mol. The largest absolute Gasteiger partial charge is 0.369 e. The number of nitrogens with two attached hydrogens (primary N) is 2. The minimum atomic E-state index is 0.468. The Morgan fingerprint density at radius 3 is 3.06 bits per heavy atom. The van der Waals surface area contributed by atoms with E-state index < -0.39 is 0 Å². The summed E-state index contributed by atoms with van der Waals surface area (Å²) in [5.74, 6) is 2.32. The molecule has 1 aromatic rings. The van der Waals surface area contributed by atoms with E-state index in [9.17, 15) is 0 Å². The van der Waals surface area contributed by atoms with Gasteiger partial charge in [0.15, 0.2) is 11.1 Å². The minimum absolute atomic E-state index is 0.468. The predicted molar refractivity (Wildman–Crippen MR) is 73.3 cm³/mol. The molecular formula is C9H17N5S2. The molecule has 16 heavy (non-hydrogen) atoms. The van der Waals surface area contributed by atoms with Gasteiger partial charge in [0, 0.05) is 37.5 Å². The molecule has 5 nitrogen and oxygen atoms in total. The number of hydrogen-bond acceptors (Lipinski definition) is 5. The summed E-state index contributed by atoms with van der Waals surface area (Å²) in [7, 11) is 3.52. The first-order chi connectivity index (χ1) is 7.69. The molecule has 90 valence electrons. The molecule has 1 aromatic heterocycles. The van der Waals surface area contributed by atoms with Crippen molar-refractivity contribution in [3.63, 3.8) is 0 Å². The highest BCUT2D eigenvalue weighted by atomic mass is 32.2. The molecule has 1 heterocycles. The number of aromatic nitrogens is 1. The van der Waals surface area contributed by atoms with Gasteiger partial charge in [0.25, 0.3) is 0 Å². The van der Waals surface area contributed by atoms with Crippen molar-refractivity contribution in [1.82, 2.24) is 4.98 Å². The molecule has 0 aliphatic rings. The van der Waals surface area contributed by atoms with Crippen LogP contribution in [-0.2, 0) is 5.75 Å². The Hall–Kier alpha value is -0.790. The highest BCUT2D eigenvalue weighted by Gasteiger charge is 2.09. The summed E-state index contributed by atoms with van der Waals surface area (Å²) in [6.07, 6.45) is 0. The molecule has 0 aromatic carbocycles. The smallest absolute Gasteiger partial charge is 0.197 e. The highest BCUT2D eigenvalue weighted by molar-refractivity contribution is 7.98. The minimum Gasteiger partial charge on any atom is -0.369 e. The topological polar surface area (TPSA) is 80.5 Å². The molecule has 4 N–H and O–H groups in total. The van der Waals surface area contributed by atoms with E-state index in [1.807, 2.05) is 12.4 Å². The Balaban J connectivity index is 2.57. The number of thiazole rings is 1. The fourth-order valence-electron chi connectivity index (χ4n) is 1.02. The molecule has 1 rings (SSSR count).